The molecule has 0 fully saturated rings. The van der Waals surface area contributed by atoms with E-state index in [-0.39, 0.29) is 23.0 Å². The van der Waals surface area contributed by atoms with Gasteiger partial charge in [0.25, 0.3) is 5.56 Å². The van der Waals surface area contributed by atoms with Crippen molar-refractivity contribution >= 4 is 11.6 Å². The third kappa shape index (κ3) is 3.48. The van der Waals surface area contributed by atoms with E-state index in [0.29, 0.717) is 6.42 Å². The van der Waals surface area contributed by atoms with Crippen LogP contribution in [0, 0.1) is 19.7 Å². The van der Waals surface area contributed by atoms with E-state index < -0.39 is 0 Å². The van der Waals surface area contributed by atoms with E-state index in [9.17, 15) is 9.18 Å². The van der Waals surface area contributed by atoms with Crippen molar-refractivity contribution in [1.29, 1.82) is 0 Å². The predicted molar refractivity (Wildman–Crippen MR) is 91.1 cm³/mol. The maximum atomic E-state index is 12.9. The molecule has 0 amide bonds. The van der Waals surface area contributed by atoms with E-state index >= 15 is 0 Å². The van der Waals surface area contributed by atoms with Crippen LogP contribution in [0.1, 0.15) is 22.4 Å². The molecule has 6 heteroatoms. The van der Waals surface area contributed by atoms with E-state index in [1.165, 1.54) is 12.1 Å². The summed E-state index contributed by atoms with van der Waals surface area (Å²) in [7, 11) is 0. The summed E-state index contributed by atoms with van der Waals surface area (Å²) in [6.07, 6.45) is 0.298. The first-order chi connectivity index (χ1) is 11.5. The third-order valence-corrected chi connectivity index (χ3v) is 3.91. The number of aryl methyl sites for hydroxylation is 1. The Balaban J connectivity index is 1.81. The number of benzene rings is 2. The first kappa shape index (κ1) is 15.9. The van der Waals surface area contributed by atoms with Crippen LogP contribution in [0.15, 0.2) is 47.3 Å². The molecular weight excluding hydrogens is 307 g/mol. The van der Waals surface area contributed by atoms with Crippen LogP contribution in [-0.2, 0) is 6.42 Å². The maximum Gasteiger partial charge on any atom is 0.274 e. The van der Waals surface area contributed by atoms with Crippen molar-refractivity contribution < 1.29 is 4.39 Å². The highest BCUT2D eigenvalue weighted by atomic mass is 19.1. The first-order valence-electron chi connectivity index (χ1n) is 7.56. The Hall–Kier alpha value is -3.02. The SMILES string of the molecule is Cc1cccc(Nc2nnc(Cc3ccc(F)cc3)c(=O)[nH]2)c1C. The molecule has 0 aliphatic heterocycles. The van der Waals surface area contributed by atoms with Gasteiger partial charge < -0.3 is 5.32 Å². The summed E-state index contributed by atoms with van der Waals surface area (Å²) in [4.78, 5) is 14.9. The van der Waals surface area contributed by atoms with E-state index in [0.717, 1.165) is 22.4 Å². The smallest absolute Gasteiger partial charge is 0.274 e. The lowest BCUT2D eigenvalue weighted by Gasteiger charge is -2.10. The fraction of sp³-hybridized carbons (Fsp3) is 0.167. The molecule has 0 unspecified atom stereocenters. The summed E-state index contributed by atoms with van der Waals surface area (Å²) in [5.74, 6) is -0.0247. The summed E-state index contributed by atoms with van der Waals surface area (Å²) in [5.41, 5.74) is 3.85. The molecular formula is C18H17FN4O. The molecule has 0 aliphatic carbocycles. The third-order valence-electron chi connectivity index (χ3n) is 3.91. The zero-order chi connectivity index (χ0) is 17.1. The minimum Gasteiger partial charge on any atom is -0.324 e. The molecule has 0 saturated heterocycles. The van der Waals surface area contributed by atoms with Crippen LogP contribution >= 0.6 is 0 Å². The maximum absolute atomic E-state index is 12.9. The van der Waals surface area contributed by atoms with E-state index in [1.807, 2.05) is 32.0 Å². The normalized spacial score (nSPS) is 10.6. The van der Waals surface area contributed by atoms with Crippen molar-refractivity contribution in [2.45, 2.75) is 20.3 Å². The molecule has 0 saturated carbocycles. The number of rotatable bonds is 4. The second-order valence-corrected chi connectivity index (χ2v) is 5.63. The van der Waals surface area contributed by atoms with Crippen LogP contribution in [0.25, 0.3) is 0 Å². The Kier molecular flexibility index (Phi) is 4.37. The van der Waals surface area contributed by atoms with Crippen molar-refractivity contribution in [3.8, 4) is 0 Å². The Labute approximate surface area is 138 Å². The average molecular weight is 324 g/mol. The van der Waals surface area contributed by atoms with Crippen LogP contribution < -0.4 is 10.9 Å². The number of nitrogens with zero attached hydrogens (tertiary/aromatic N) is 2. The van der Waals surface area contributed by atoms with Gasteiger partial charge in [0.2, 0.25) is 5.95 Å². The lowest BCUT2D eigenvalue weighted by Crippen LogP contribution is -2.19. The van der Waals surface area contributed by atoms with Gasteiger partial charge >= 0.3 is 0 Å². The minimum atomic E-state index is -0.317. The zero-order valence-electron chi connectivity index (χ0n) is 13.4. The van der Waals surface area contributed by atoms with Crippen molar-refractivity contribution in [3.05, 3.63) is 81.0 Å². The number of nitrogens with one attached hydrogen (secondary N) is 2. The molecule has 3 rings (SSSR count). The van der Waals surface area contributed by atoms with Crippen molar-refractivity contribution in [2.24, 2.45) is 0 Å². The van der Waals surface area contributed by atoms with Gasteiger partial charge in [-0.3, -0.25) is 9.78 Å². The van der Waals surface area contributed by atoms with Crippen LogP contribution in [0.3, 0.4) is 0 Å². The quantitative estimate of drug-likeness (QED) is 0.773. The number of anilines is 2. The molecule has 1 heterocycles. The molecule has 0 aliphatic rings. The molecule has 0 spiro atoms. The number of aromatic nitrogens is 3. The monoisotopic (exact) mass is 324 g/mol. The van der Waals surface area contributed by atoms with Gasteiger partial charge in [-0.15, -0.1) is 10.2 Å². The lowest BCUT2D eigenvalue weighted by atomic mass is 10.1. The fourth-order valence-electron chi connectivity index (χ4n) is 2.34. The molecule has 0 radical (unpaired) electrons. The molecule has 122 valence electrons. The van der Waals surface area contributed by atoms with Gasteiger partial charge in [0, 0.05) is 12.1 Å². The second-order valence-electron chi connectivity index (χ2n) is 5.63. The average Bonchev–Trinajstić information content (AvgIpc) is 2.56. The van der Waals surface area contributed by atoms with E-state index in [1.54, 1.807) is 12.1 Å². The summed E-state index contributed by atoms with van der Waals surface area (Å²) < 4.78 is 12.9. The topological polar surface area (TPSA) is 70.7 Å². The molecule has 0 bridgehead atoms. The highest BCUT2D eigenvalue weighted by Crippen LogP contribution is 2.20. The van der Waals surface area contributed by atoms with E-state index in [4.69, 9.17) is 0 Å². The number of hydrogen-bond donors (Lipinski definition) is 2. The highest BCUT2D eigenvalue weighted by Gasteiger charge is 2.08. The van der Waals surface area contributed by atoms with Crippen LogP contribution in [0.4, 0.5) is 16.0 Å². The molecule has 1 aromatic heterocycles. The Morgan fingerprint density at radius 3 is 2.54 bits per heavy atom. The van der Waals surface area contributed by atoms with Crippen LogP contribution in [0.2, 0.25) is 0 Å². The molecule has 3 aromatic rings. The predicted octanol–water partition coefficient (Wildman–Crippen LogP) is 3.26. The molecule has 2 aromatic carbocycles. The largest absolute Gasteiger partial charge is 0.324 e. The second kappa shape index (κ2) is 6.62. The standard InChI is InChI=1S/C18H17FN4O/c1-11-4-3-5-15(12(11)2)20-18-21-17(24)16(22-23-18)10-13-6-8-14(19)9-7-13/h3-9H,10H2,1-2H3,(H2,20,21,23,24). The molecule has 2 N–H and O–H groups in total. The molecule has 5 nitrogen and oxygen atoms in total. The number of hydrogen-bond acceptors (Lipinski definition) is 4. The summed E-state index contributed by atoms with van der Waals surface area (Å²) in [6, 6.07) is 11.8. The molecule has 24 heavy (non-hydrogen) atoms. The van der Waals surface area contributed by atoms with Crippen LogP contribution in [0.5, 0.6) is 0 Å². The zero-order valence-corrected chi connectivity index (χ0v) is 13.4. The Morgan fingerprint density at radius 2 is 1.83 bits per heavy atom. The summed E-state index contributed by atoms with van der Waals surface area (Å²) >= 11 is 0. The van der Waals surface area contributed by atoms with Crippen LogP contribution in [-0.4, -0.2) is 15.2 Å². The van der Waals surface area contributed by atoms with Gasteiger partial charge in [0.15, 0.2) is 0 Å². The van der Waals surface area contributed by atoms with Crippen molar-refractivity contribution in [3.63, 3.8) is 0 Å². The minimum absolute atomic E-state index is 0.285. The fourth-order valence-corrected chi connectivity index (χ4v) is 2.34. The Morgan fingerprint density at radius 1 is 1.08 bits per heavy atom. The number of aromatic amines is 1. The van der Waals surface area contributed by atoms with Gasteiger partial charge in [-0.2, -0.15) is 0 Å². The highest BCUT2D eigenvalue weighted by molar-refractivity contribution is 5.59. The summed E-state index contributed by atoms with van der Waals surface area (Å²) in [6.45, 7) is 4.01. The van der Waals surface area contributed by atoms with Gasteiger partial charge in [-0.25, -0.2) is 4.39 Å². The molecule has 0 atom stereocenters. The van der Waals surface area contributed by atoms with Gasteiger partial charge in [0.1, 0.15) is 11.5 Å². The number of halogens is 1. The summed E-state index contributed by atoms with van der Waals surface area (Å²) in [5, 5.41) is 11.1. The van der Waals surface area contributed by atoms with Crippen molar-refractivity contribution in [1.82, 2.24) is 15.2 Å². The Bertz CT molecular complexity index is 919. The van der Waals surface area contributed by atoms with Gasteiger partial charge in [0.05, 0.1) is 0 Å². The van der Waals surface area contributed by atoms with E-state index in [2.05, 4.69) is 20.5 Å². The van der Waals surface area contributed by atoms with Gasteiger partial charge in [-0.05, 0) is 48.7 Å². The van der Waals surface area contributed by atoms with Gasteiger partial charge in [-0.1, -0.05) is 24.3 Å². The first-order valence-corrected chi connectivity index (χ1v) is 7.56. The van der Waals surface area contributed by atoms with Crippen molar-refractivity contribution in [2.75, 3.05) is 5.32 Å². The lowest BCUT2D eigenvalue weighted by molar-refractivity contribution is 0.627. The number of H-pyrrole nitrogens is 1.